The summed E-state index contributed by atoms with van der Waals surface area (Å²) in [5.41, 5.74) is 0.506. The summed E-state index contributed by atoms with van der Waals surface area (Å²) in [5.74, 6) is -5.51. The van der Waals surface area contributed by atoms with E-state index in [9.17, 15) is 24.6 Å². The first-order valence-electron chi connectivity index (χ1n) is 7.36. The van der Waals surface area contributed by atoms with Crippen LogP contribution in [0.3, 0.4) is 0 Å². The molecule has 0 aliphatic rings. The molecule has 0 spiro atoms. The van der Waals surface area contributed by atoms with Gasteiger partial charge in [0, 0.05) is 31.5 Å². The Morgan fingerprint density at radius 2 is 1.62 bits per heavy atom. The monoisotopic (exact) mass is 435 g/mol. The van der Waals surface area contributed by atoms with E-state index in [1.54, 1.807) is 24.3 Å². The lowest BCUT2D eigenvalue weighted by molar-refractivity contribution is -0.149. The Kier molecular flexibility index (Phi) is 4.84. The average Bonchev–Trinajstić information content (AvgIpc) is 2.92. The molecule has 0 atom stereocenters. The predicted molar refractivity (Wildman–Crippen MR) is 98.9 cm³/mol. The van der Waals surface area contributed by atoms with Crippen LogP contribution in [0.25, 0.3) is 10.9 Å². The van der Waals surface area contributed by atoms with Gasteiger partial charge in [0.1, 0.15) is 0 Å². The summed E-state index contributed by atoms with van der Waals surface area (Å²) in [5, 5.41) is 19.5. The van der Waals surface area contributed by atoms with Crippen molar-refractivity contribution >= 4 is 56.2 Å². The third kappa shape index (κ3) is 3.23. The number of carboxylic acids is 2. The number of halogens is 2. The van der Waals surface area contributed by atoms with E-state index in [1.165, 1.54) is 18.2 Å². The molecule has 0 bridgehead atoms. The quantitative estimate of drug-likeness (QED) is 0.413. The van der Waals surface area contributed by atoms with Gasteiger partial charge in [-0.15, -0.1) is 0 Å². The van der Waals surface area contributed by atoms with Gasteiger partial charge in [0.2, 0.25) is 5.78 Å². The van der Waals surface area contributed by atoms with Crippen molar-refractivity contribution in [3.05, 3.63) is 68.8 Å². The third-order valence-corrected chi connectivity index (χ3v) is 4.68. The molecule has 0 unspecified atom stereocenters. The second kappa shape index (κ2) is 6.93. The van der Waals surface area contributed by atoms with Crippen LogP contribution >= 0.6 is 27.5 Å². The fourth-order valence-electron chi connectivity index (χ4n) is 2.77. The molecule has 2 aromatic carbocycles. The molecule has 26 heavy (non-hydrogen) atoms. The first-order valence-corrected chi connectivity index (χ1v) is 8.53. The first kappa shape index (κ1) is 18.2. The molecule has 0 aliphatic heterocycles. The number of rotatable bonds is 5. The van der Waals surface area contributed by atoms with Crippen LogP contribution in [0.15, 0.2) is 46.9 Å². The van der Waals surface area contributed by atoms with Gasteiger partial charge in [-0.1, -0.05) is 33.6 Å². The maximum Gasteiger partial charge on any atom is 0.322 e. The van der Waals surface area contributed by atoms with Gasteiger partial charge in [-0.2, -0.15) is 0 Å². The zero-order valence-corrected chi connectivity index (χ0v) is 15.3. The molecule has 1 aromatic heterocycles. The Hall–Kier alpha value is -2.64. The number of carbonyl (C=O) groups excluding carboxylic acids is 1. The number of ketones is 1. The summed E-state index contributed by atoms with van der Waals surface area (Å²) in [4.78, 5) is 38.9. The van der Waals surface area contributed by atoms with Gasteiger partial charge in [-0.25, -0.2) is 0 Å². The molecule has 0 saturated heterocycles. The molecule has 6 nitrogen and oxygen atoms in total. The topological polar surface area (TPSA) is 107 Å². The van der Waals surface area contributed by atoms with Gasteiger partial charge < -0.3 is 15.2 Å². The van der Waals surface area contributed by atoms with Crippen LogP contribution < -0.4 is 0 Å². The number of hydrogen-bond donors (Lipinski definition) is 3. The van der Waals surface area contributed by atoms with Crippen LogP contribution in [0, 0.1) is 0 Å². The minimum absolute atomic E-state index is 0.0839. The number of H-pyrrole nitrogens is 1. The summed E-state index contributed by atoms with van der Waals surface area (Å²) < 4.78 is 0.770. The number of aliphatic carboxylic acids is 2. The van der Waals surface area contributed by atoms with Gasteiger partial charge >= 0.3 is 11.9 Å². The molecule has 0 amide bonds. The SMILES string of the molecule is O=C(c1ccc(Br)cc1)c1[nH]c2cc(Cl)ccc2c1C(C(=O)O)C(=O)O. The third-order valence-electron chi connectivity index (χ3n) is 3.92. The highest BCUT2D eigenvalue weighted by atomic mass is 79.9. The van der Waals surface area contributed by atoms with Crippen molar-refractivity contribution in [1.82, 2.24) is 4.98 Å². The van der Waals surface area contributed by atoms with E-state index < -0.39 is 23.6 Å². The minimum atomic E-state index is -1.89. The Labute approximate surface area is 160 Å². The highest BCUT2D eigenvalue weighted by molar-refractivity contribution is 9.10. The fraction of sp³-hybridized carbons (Fsp3) is 0.0556. The van der Waals surface area contributed by atoms with Crippen molar-refractivity contribution in [3.8, 4) is 0 Å². The van der Waals surface area contributed by atoms with Crippen molar-refractivity contribution in [2.24, 2.45) is 0 Å². The highest BCUT2D eigenvalue weighted by Gasteiger charge is 2.35. The summed E-state index contributed by atoms with van der Waals surface area (Å²) >= 11 is 9.23. The predicted octanol–water partition coefficient (Wildman–Crippen LogP) is 4.07. The number of aromatic nitrogens is 1. The van der Waals surface area contributed by atoms with Gasteiger partial charge in [0.05, 0.1) is 5.69 Å². The van der Waals surface area contributed by atoms with E-state index in [0.29, 0.717) is 21.5 Å². The van der Waals surface area contributed by atoms with Crippen LogP contribution in [0.2, 0.25) is 5.02 Å². The molecule has 132 valence electrons. The lowest BCUT2D eigenvalue weighted by Gasteiger charge is -2.10. The van der Waals surface area contributed by atoms with E-state index in [-0.39, 0.29) is 11.3 Å². The van der Waals surface area contributed by atoms with Crippen LogP contribution in [-0.2, 0) is 9.59 Å². The van der Waals surface area contributed by atoms with Crippen molar-refractivity contribution in [1.29, 1.82) is 0 Å². The van der Waals surface area contributed by atoms with Crippen LogP contribution in [0.5, 0.6) is 0 Å². The summed E-state index contributed by atoms with van der Waals surface area (Å²) in [6.07, 6.45) is 0. The molecule has 0 radical (unpaired) electrons. The number of nitrogens with one attached hydrogen (secondary N) is 1. The van der Waals surface area contributed by atoms with Crippen molar-refractivity contribution in [3.63, 3.8) is 0 Å². The Morgan fingerprint density at radius 1 is 1.00 bits per heavy atom. The van der Waals surface area contributed by atoms with E-state index in [4.69, 9.17) is 11.6 Å². The molecule has 3 aromatic rings. The molecule has 3 N–H and O–H groups in total. The maximum absolute atomic E-state index is 12.9. The summed E-state index contributed by atoms with van der Waals surface area (Å²) in [6.45, 7) is 0. The Morgan fingerprint density at radius 3 is 2.19 bits per heavy atom. The summed E-state index contributed by atoms with van der Waals surface area (Å²) in [6, 6.07) is 11.0. The molecule has 1 heterocycles. The zero-order valence-electron chi connectivity index (χ0n) is 13.0. The molecule has 8 heteroatoms. The Bertz CT molecular complexity index is 1030. The van der Waals surface area contributed by atoms with Gasteiger partial charge in [0.15, 0.2) is 5.92 Å². The minimum Gasteiger partial charge on any atom is -0.480 e. The van der Waals surface area contributed by atoms with Gasteiger partial charge in [0.25, 0.3) is 0 Å². The largest absolute Gasteiger partial charge is 0.480 e. The molecule has 0 fully saturated rings. The molecular weight excluding hydrogens is 426 g/mol. The smallest absolute Gasteiger partial charge is 0.322 e. The summed E-state index contributed by atoms with van der Waals surface area (Å²) in [7, 11) is 0. The van der Waals surface area contributed by atoms with E-state index >= 15 is 0 Å². The van der Waals surface area contributed by atoms with Gasteiger partial charge in [-0.3, -0.25) is 14.4 Å². The zero-order chi connectivity index (χ0) is 19.0. The molecule has 3 rings (SSSR count). The number of fused-ring (bicyclic) bond motifs is 1. The van der Waals surface area contributed by atoms with E-state index in [1.807, 2.05) is 0 Å². The molecular formula is C18H11BrClNO5. The highest BCUT2D eigenvalue weighted by Crippen LogP contribution is 2.33. The van der Waals surface area contributed by atoms with E-state index in [2.05, 4.69) is 20.9 Å². The van der Waals surface area contributed by atoms with Crippen LogP contribution in [0.4, 0.5) is 0 Å². The lowest BCUT2D eigenvalue weighted by atomic mass is 9.93. The van der Waals surface area contributed by atoms with Gasteiger partial charge in [-0.05, 0) is 36.4 Å². The number of carbonyl (C=O) groups is 3. The second-order valence-electron chi connectivity index (χ2n) is 5.55. The molecule has 0 saturated carbocycles. The van der Waals surface area contributed by atoms with E-state index in [0.717, 1.165) is 4.47 Å². The number of carboxylic acid groups (broad SMARTS) is 2. The van der Waals surface area contributed by atoms with Crippen molar-refractivity contribution in [2.45, 2.75) is 5.92 Å². The molecule has 0 aliphatic carbocycles. The van der Waals surface area contributed by atoms with Crippen LogP contribution in [0.1, 0.15) is 27.5 Å². The first-order chi connectivity index (χ1) is 12.3. The van der Waals surface area contributed by atoms with Crippen molar-refractivity contribution in [2.75, 3.05) is 0 Å². The second-order valence-corrected chi connectivity index (χ2v) is 6.90. The maximum atomic E-state index is 12.9. The number of benzene rings is 2. The average molecular weight is 437 g/mol. The standard InChI is InChI=1S/C18H11BrClNO5/c19-9-3-1-8(2-4-9)16(22)15-13(14(17(23)24)18(25)26)11-6-5-10(20)7-12(11)21-15/h1-7,14,21H,(H,23,24)(H,25,26). The van der Waals surface area contributed by atoms with Crippen molar-refractivity contribution < 1.29 is 24.6 Å². The normalized spacial score (nSPS) is 11.0. The number of hydrogen-bond acceptors (Lipinski definition) is 3. The number of aromatic amines is 1. The Balaban J connectivity index is 2.28. The fourth-order valence-corrected chi connectivity index (χ4v) is 3.20. The van der Waals surface area contributed by atoms with Crippen LogP contribution in [-0.4, -0.2) is 32.9 Å². The lowest BCUT2D eigenvalue weighted by Crippen LogP contribution is -2.23.